The van der Waals surface area contributed by atoms with Gasteiger partial charge in [0.1, 0.15) is 0 Å². The summed E-state index contributed by atoms with van der Waals surface area (Å²) >= 11 is 0. The molecular weight excluding hydrogens is 288 g/mol. The van der Waals surface area contributed by atoms with Crippen molar-refractivity contribution < 1.29 is 9.59 Å². The largest absolute Gasteiger partial charge is 0.359 e. The first kappa shape index (κ1) is 16.7. The highest BCUT2D eigenvalue weighted by Crippen LogP contribution is 2.21. The lowest BCUT2D eigenvalue weighted by Gasteiger charge is -2.24. The number of hydrogen-bond acceptors (Lipinski definition) is 2. The molecule has 2 amide bonds. The summed E-state index contributed by atoms with van der Waals surface area (Å²) in [4.78, 5) is 25.7. The van der Waals surface area contributed by atoms with Gasteiger partial charge in [-0.25, -0.2) is 0 Å². The van der Waals surface area contributed by atoms with Gasteiger partial charge in [0.25, 0.3) is 5.91 Å². The summed E-state index contributed by atoms with van der Waals surface area (Å²) < 4.78 is 0. The molecule has 2 rings (SSSR count). The van der Waals surface area contributed by atoms with E-state index in [4.69, 9.17) is 0 Å². The van der Waals surface area contributed by atoms with Crippen LogP contribution >= 0.6 is 0 Å². The molecule has 4 heteroatoms. The summed E-state index contributed by atoms with van der Waals surface area (Å²) in [6, 6.07) is 17.3. The number of nitrogens with zero attached hydrogens (tertiary/aromatic N) is 1. The van der Waals surface area contributed by atoms with Crippen molar-refractivity contribution in [3.8, 4) is 11.1 Å². The van der Waals surface area contributed by atoms with Crippen LogP contribution in [0, 0.1) is 0 Å². The second kappa shape index (κ2) is 7.58. The van der Waals surface area contributed by atoms with E-state index in [2.05, 4.69) is 5.32 Å². The highest BCUT2D eigenvalue weighted by molar-refractivity contribution is 5.95. The van der Waals surface area contributed by atoms with Gasteiger partial charge in [-0.05, 0) is 30.2 Å². The fraction of sp³-hybridized carbons (Fsp3) is 0.263. The molecule has 4 nitrogen and oxygen atoms in total. The Kier molecular flexibility index (Phi) is 5.52. The second-order valence-corrected chi connectivity index (χ2v) is 5.59. The maximum absolute atomic E-state index is 12.6. The van der Waals surface area contributed by atoms with Crippen molar-refractivity contribution in [2.24, 2.45) is 0 Å². The van der Waals surface area contributed by atoms with Gasteiger partial charge < -0.3 is 10.2 Å². The Morgan fingerprint density at radius 2 is 1.70 bits per heavy atom. The van der Waals surface area contributed by atoms with Crippen LogP contribution in [0.15, 0.2) is 54.6 Å². The van der Waals surface area contributed by atoms with Crippen molar-refractivity contribution in [1.82, 2.24) is 10.2 Å². The van der Waals surface area contributed by atoms with E-state index in [-0.39, 0.29) is 24.3 Å². The molecule has 23 heavy (non-hydrogen) atoms. The van der Waals surface area contributed by atoms with Crippen molar-refractivity contribution in [3.05, 3.63) is 60.2 Å². The van der Waals surface area contributed by atoms with Gasteiger partial charge in [-0.1, -0.05) is 42.5 Å². The van der Waals surface area contributed by atoms with Crippen LogP contribution in [0.4, 0.5) is 0 Å². The molecule has 120 valence electrons. The molecule has 1 atom stereocenters. The molecule has 0 spiro atoms. The first-order valence-corrected chi connectivity index (χ1v) is 7.66. The molecular formula is C19H22N2O2. The maximum Gasteiger partial charge on any atom is 0.253 e. The van der Waals surface area contributed by atoms with Crippen molar-refractivity contribution in [2.45, 2.75) is 19.4 Å². The van der Waals surface area contributed by atoms with Crippen LogP contribution in [0.1, 0.15) is 23.7 Å². The van der Waals surface area contributed by atoms with E-state index in [9.17, 15) is 9.59 Å². The molecule has 0 saturated heterocycles. The number of amides is 2. The average Bonchev–Trinajstić information content (AvgIpc) is 2.61. The first-order valence-electron chi connectivity index (χ1n) is 7.66. The summed E-state index contributed by atoms with van der Waals surface area (Å²) in [6.45, 7) is 1.87. The third-order valence-corrected chi connectivity index (χ3v) is 3.96. The Morgan fingerprint density at radius 3 is 2.35 bits per heavy atom. The molecule has 0 aliphatic rings. The van der Waals surface area contributed by atoms with Crippen LogP contribution < -0.4 is 5.32 Å². The molecule has 0 aliphatic carbocycles. The summed E-state index contributed by atoms with van der Waals surface area (Å²) in [5.41, 5.74) is 2.70. The van der Waals surface area contributed by atoms with Crippen molar-refractivity contribution in [2.75, 3.05) is 14.1 Å². The van der Waals surface area contributed by atoms with E-state index in [1.165, 1.54) is 0 Å². The molecule has 1 unspecified atom stereocenters. The highest BCUT2D eigenvalue weighted by atomic mass is 16.2. The minimum Gasteiger partial charge on any atom is -0.359 e. The van der Waals surface area contributed by atoms with Gasteiger partial charge in [0.15, 0.2) is 0 Å². The van der Waals surface area contributed by atoms with Crippen molar-refractivity contribution in [3.63, 3.8) is 0 Å². The lowest BCUT2D eigenvalue weighted by atomic mass is 10.0. The summed E-state index contributed by atoms with van der Waals surface area (Å²) in [5.74, 6) is -0.158. The van der Waals surface area contributed by atoms with Gasteiger partial charge in [0, 0.05) is 32.1 Å². The smallest absolute Gasteiger partial charge is 0.253 e. The Morgan fingerprint density at radius 1 is 1.04 bits per heavy atom. The summed E-state index contributed by atoms with van der Waals surface area (Å²) in [5, 5.41) is 2.58. The molecule has 0 aromatic heterocycles. The average molecular weight is 310 g/mol. The maximum atomic E-state index is 12.6. The molecule has 2 aromatic carbocycles. The highest BCUT2D eigenvalue weighted by Gasteiger charge is 2.19. The van der Waals surface area contributed by atoms with Crippen LogP contribution in [0.25, 0.3) is 11.1 Å². The zero-order valence-corrected chi connectivity index (χ0v) is 13.7. The van der Waals surface area contributed by atoms with E-state index >= 15 is 0 Å². The monoisotopic (exact) mass is 310 g/mol. The minimum absolute atomic E-state index is 0.0739. The SMILES string of the molecule is CNC(=O)CC(C)N(C)C(=O)c1cccc(-c2ccccc2)c1. The van der Waals surface area contributed by atoms with Crippen LogP contribution in [0.3, 0.4) is 0 Å². The Bertz CT molecular complexity index is 683. The fourth-order valence-corrected chi connectivity index (χ4v) is 2.37. The third kappa shape index (κ3) is 4.19. The normalized spacial score (nSPS) is 11.6. The van der Waals surface area contributed by atoms with Gasteiger partial charge in [0.2, 0.25) is 5.91 Å². The zero-order chi connectivity index (χ0) is 16.8. The number of carbonyl (C=O) groups is 2. The predicted molar refractivity (Wildman–Crippen MR) is 92.1 cm³/mol. The number of hydrogen-bond donors (Lipinski definition) is 1. The lowest BCUT2D eigenvalue weighted by molar-refractivity contribution is -0.121. The molecule has 0 saturated carbocycles. The second-order valence-electron chi connectivity index (χ2n) is 5.59. The molecule has 0 heterocycles. The van der Waals surface area contributed by atoms with E-state index < -0.39 is 0 Å². The van der Waals surface area contributed by atoms with E-state index in [1.807, 2.05) is 55.5 Å². The minimum atomic E-state index is -0.164. The molecule has 0 aliphatic heterocycles. The quantitative estimate of drug-likeness (QED) is 0.923. The van der Waals surface area contributed by atoms with Crippen LogP contribution in [0.2, 0.25) is 0 Å². The molecule has 0 radical (unpaired) electrons. The Hall–Kier alpha value is -2.62. The molecule has 0 fully saturated rings. The van der Waals surface area contributed by atoms with E-state index in [1.54, 1.807) is 25.1 Å². The molecule has 2 aromatic rings. The van der Waals surface area contributed by atoms with Crippen LogP contribution in [0.5, 0.6) is 0 Å². The van der Waals surface area contributed by atoms with Crippen molar-refractivity contribution >= 4 is 11.8 Å². The Balaban J connectivity index is 2.18. The van der Waals surface area contributed by atoms with Gasteiger partial charge in [0.05, 0.1) is 0 Å². The summed E-state index contributed by atoms with van der Waals surface area (Å²) in [7, 11) is 3.32. The van der Waals surface area contributed by atoms with Gasteiger partial charge in [-0.2, -0.15) is 0 Å². The number of rotatable bonds is 5. The lowest BCUT2D eigenvalue weighted by Crippen LogP contribution is -2.38. The first-order chi connectivity index (χ1) is 11.0. The van der Waals surface area contributed by atoms with Gasteiger partial charge in [-0.15, -0.1) is 0 Å². The predicted octanol–water partition coefficient (Wildman–Crippen LogP) is 2.95. The number of carbonyl (C=O) groups excluding carboxylic acids is 2. The standard InChI is InChI=1S/C19H22N2O2/c1-14(12-18(22)20-2)21(3)19(23)17-11-7-10-16(13-17)15-8-5-4-6-9-15/h4-11,13-14H,12H2,1-3H3,(H,20,22). The summed E-state index contributed by atoms with van der Waals surface area (Å²) in [6.07, 6.45) is 0.289. The molecule has 1 N–H and O–H groups in total. The third-order valence-electron chi connectivity index (χ3n) is 3.96. The molecule has 0 bridgehead atoms. The van der Waals surface area contributed by atoms with E-state index in [0.29, 0.717) is 5.56 Å². The Labute approximate surface area is 137 Å². The van der Waals surface area contributed by atoms with Gasteiger partial charge >= 0.3 is 0 Å². The van der Waals surface area contributed by atoms with Crippen molar-refractivity contribution in [1.29, 1.82) is 0 Å². The zero-order valence-electron chi connectivity index (χ0n) is 13.7. The number of nitrogens with one attached hydrogen (secondary N) is 1. The van der Waals surface area contributed by atoms with E-state index in [0.717, 1.165) is 11.1 Å². The fourth-order valence-electron chi connectivity index (χ4n) is 2.37. The van der Waals surface area contributed by atoms with Gasteiger partial charge in [-0.3, -0.25) is 9.59 Å². The number of benzene rings is 2. The van der Waals surface area contributed by atoms with Crippen LogP contribution in [-0.2, 0) is 4.79 Å². The topological polar surface area (TPSA) is 49.4 Å². The van der Waals surface area contributed by atoms with Crippen LogP contribution in [-0.4, -0.2) is 36.9 Å².